The molecule has 1 N–H and O–H groups in total. The van der Waals surface area contributed by atoms with Gasteiger partial charge in [0.1, 0.15) is 0 Å². The largest absolute Gasteiger partial charge is 0.268 e. The van der Waals surface area contributed by atoms with Crippen LogP contribution in [0.4, 0.5) is 5.69 Å². The molecule has 0 aliphatic carbocycles. The highest BCUT2D eigenvalue weighted by atomic mass is 79.9. The van der Waals surface area contributed by atoms with Gasteiger partial charge in [-0.2, -0.15) is 0 Å². The van der Waals surface area contributed by atoms with Crippen LogP contribution in [0, 0.1) is 4.91 Å². The van der Waals surface area contributed by atoms with E-state index in [0.717, 1.165) is 8.95 Å². The van der Waals surface area contributed by atoms with Gasteiger partial charge in [0.05, 0.1) is 4.47 Å². The summed E-state index contributed by atoms with van der Waals surface area (Å²) >= 11 is 6.44. The lowest BCUT2D eigenvalue weighted by Gasteiger charge is -1.88. The van der Waals surface area contributed by atoms with Gasteiger partial charge in [-0.05, 0) is 28.1 Å². The molecule has 10 heavy (non-hydrogen) atoms. The van der Waals surface area contributed by atoms with E-state index in [4.69, 9.17) is 0 Å². The quantitative estimate of drug-likeness (QED) is 0.823. The van der Waals surface area contributed by atoms with Crippen molar-refractivity contribution >= 4 is 37.5 Å². The molecule has 0 fully saturated rings. The third-order valence-corrected chi connectivity index (χ3v) is 2.22. The minimum absolute atomic E-state index is 0.536. The molecule has 2 nitrogen and oxygen atoms in total. The first-order valence-corrected chi connectivity index (χ1v) is 4.16. The summed E-state index contributed by atoms with van der Waals surface area (Å²) in [6.45, 7) is 0. The summed E-state index contributed by atoms with van der Waals surface area (Å²) in [5.74, 6) is 0. The minimum atomic E-state index is 0.536. The Morgan fingerprint density at radius 3 is 2.50 bits per heavy atom. The second-order valence-corrected chi connectivity index (χ2v) is 3.50. The number of nitroso groups, excluding NO2 is 1. The molecule has 0 amide bonds. The van der Waals surface area contributed by atoms with Crippen molar-refractivity contribution in [3.05, 3.63) is 32.1 Å². The van der Waals surface area contributed by atoms with Crippen LogP contribution in [0.3, 0.4) is 0 Å². The Labute approximate surface area is 74.9 Å². The molecule has 1 aromatic carbocycles. The highest BCUT2D eigenvalue weighted by Gasteiger charge is 2.04. The lowest BCUT2D eigenvalue weighted by Crippen LogP contribution is -2.55. The topological polar surface area (TPSA) is 31.0 Å². The van der Waals surface area contributed by atoms with Gasteiger partial charge in [0, 0.05) is 20.6 Å². The Morgan fingerprint density at radius 2 is 2.00 bits per heavy atom. The van der Waals surface area contributed by atoms with Gasteiger partial charge in [0.25, 0.3) is 5.69 Å². The molecule has 0 unspecified atom stereocenters. The number of nitrogens with one attached hydrogen (secondary N) is 1. The van der Waals surface area contributed by atoms with E-state index in [-0.39, 0.29) is 0 Å². The van der Waals surface area contributed by atoms with Crippen LogP contribution in [0.15, 0.2) is 27.1 Å². The molecule has 0 aliphatic heterocycles. The lowest BCUT2D eigenvalue weighted by molar-refractivity contribution is -0.380. The van der Waals surface area contributed by atoms with E-state index in [0.29, 0.717) is 5.69 Å². The third-order valence-electron chi connectivity index (χ3n) is 1.04. The fraction of sp³-hybridized carbons (Fsp3) is 0. The van der Waals surface area contributed by atoms with Crippen molar-refractivity contribution in [2.75, 3.05) is 0 Å². The van der Waals surface area contributed by atoms with Crippen LogP contribution < -0.4 is 5.18 Å². The molecule has 0 bridgehead atoms. The molecule has 1 rings (SSSR count). The molecule has 0 atom stereocenters. The molecular formula is C6H4Br2NO+. The molecule has 0 heterocycles. The zero-order valence-corrected chi connectivity index (χ0v) is 8.07. The molecular weight excluding hydrogens is 262 g/mol. The van der Waals surface area contributed by atoms with E-state index in [2.05, 4.69) is 31.9 Å². The molecule has 0 saturated heterocycles. The maximum atomic E-state index is 10.2. The van der Waals surface area contributed by atoms with Gasteiger partial charge in [-0.15, -0.1) is 0 Å². The average Bonchev–Trinajstić information content (AvgIpc) is 1.94. The van der Waals surface area contributed by atoms with Crippen LogP contribution in [0.5, 0.6) is 0 Å². The fourth-order valence-corrected chi connectivity index (χ4v) is 1.26. The predicted molar refractivity (Wildman–Crippen MR) is 45.8 cm³/mol. The average molecular weight is 266 g/mol. The summed E-state index contributed by atoms with van der Waals surface area (Å²) in [6, 6.07) is 5.35. The van der Waals surface area contributed by atoms with Crippen molar-refractivity contribution in [2.24, 2.45) is 0 Å². The van der Waals surface area contributed by atoms with Gasteiger partial charge < -0.3 is 0 Å². The smallest absolute Gasteiger partial charge is 0.0506 e. The van der Waals surface area contributed by atoms with Crippen molar-refractivity contribution in [2.45, 2.75) is 0 Å². The van der Waals surface area contributed by atoms with E-state index in [1.54, 1.807) is 12.1 Å². The monoisotopic (exact) mass is 264 g/mol. The predicted octanol–water partition coefficient (Wildman–Crippen LogP) is 1.69. The maximum Gasteiger partial charge on any atom is 0.268 e. The zero-order valence-electron chi connectivity index (χ0n) is 4.90. The molecule has 4 heteroatoms. The lowest BCUT2D eigenvalue weighted by atomic mass is 10.3. The van der Waals surface area contributed by atoms with Crippen molar-refractivity contribution in [3.8, 4) is 0 Å². The Hall–Kier alpha value is -0.220. The van der Waals surface area contributed by atoms with E-state index in [1.807, 2.05) is 11.2 Å². The van der Waals surface area contributed by atoms with Gasteiger partial charge in [-0.1, -0.05) is 15.9 Å². The van der Waals surface area contributed by atoms with Gasteiger partial charge in [0.15, 0.2) is 0 Å². The van der Waals surface area contributed by atoms with Crippen LogP contribution in [-0.2, 0) is 0 Å². The molecule has 1 aromatic rings. The van der Waals surface area contributed by atoms with Gasteiger partial charge in [-0.3, -0.25) is 0 Å². The summed E-state index contributed by atoms with van der Waals surface area (Å²) in [5.41, 5.74) is 0.536. The number of hydrogen-bond acceptors (Lipinski definition) is 1. The van der Waals surface area contributed by atoms with Crippen molar-refractivity contribution in [1.82, 2.24) is 0 Å². The summed E-state index contributed by atoms with van der Waals surface area (Å²) in [7, 11) is 0. The van der Waals surface area contributed by atoms with E-state index >= 15 is 0 Å². The fourth-order valence-electron chi connectivity index (χ4n) is 0.576. The maximum absolute atomic E-state index is 10.2. The summed E-state index contributed by atoms with van der Waals surface area (Å²) in [4.78, 5) is 10.2. The Morgan fingerprint density at radius 1 is 1.30 bits per heavy atom. The van der Waals surface area contributed by atoms with E-state index < -0.39 is 0 Å². The Kier molecular flexibility index (Phi) is 2.56. The summed E-state index contributed by atoms with van der Waals surface area (Å²) < 4.78 is 1.65. The second kappa shape index (κ2) is 3.25. The highest BCUT2D eigenvalue weighted by molar-refractivity contribution is 9.11. The summed E-state index contributed by atoms with van der Waals surface area (Å²) in [5, 5.41) is 1.81. The van der Waals surface area contributed by atoms with Crippen molar-refractivity contribution in [1.29, 1.82) is 0 Å². The van der Waals surface area contributed by atoms with Crippen molar-refractivity contribution < 1.29 is 5.18 Å². The number of halogens is 2. The van der Waals surface area contributed by atoms with Crippen LogP contribution in [0.2, 0.25) is 0 Å². The number of hydrogen-bond donors (Lipinski definition) is 1. The van der Waals surface area contributed by atoms with Gasteiger partial charge in [0.2, 0.25) is 0 Å². The molecule has 0 aromatic heterocycles. The first-order chi connectivity index (χ1) is 4.74. The zero-order chi connectivity index (χ0) is 7.56. The second-order valence-electron chi connectivity index (χ2n) is 1.73. The Balaban J connectivity index is 3.21. The minimum Gasteiger partial charge on any atom is -0.0506 e. The van der Waals surface area contributed by atoms with Crippen molar-refractivity contribution in [3.63, 3.8) is 0 Å². The van der Waals surface area contributed by atoms with Crippen LogP contribution >= 0.6 is 31.9 Å². The van der Waals surface area contributed by atoms with Gasteiger partial charge >= 0.3 is 0 Å². The Bertz CT molecular complexity index is 262. The van der Waals surface area contributed by atoms with E-state index in [9.17, 15) is 4.91 Å². The molecule has 0 saturated carbocycles. The number of benzene rings is 1. The normalized spacial score (nSPS) is 9.40. The standard InChI is InChI=1S/C6H3Br2NO/c7-4-1-2-5(8)6(3-4)9-10/h1-3H/p+1. The van der Waals surface area contributed by atoms with Crippen LogP contribution in [0.25, 0.3) is 0 Å². The SMILES string of the molecule is O=[NH+]c1cc(Br)ccc1Br. The van der Waals surface area contributed by atoms with E-state index in [1.165, 1.54) is 0 Å². The molecule has 0 aliphatic rings. The van der Waals surface area contributed by atoms with Gasteiger partial charge in [-0.25, -0.2) is 0 Å². The van der Waals surface area contributed by atoms with Crippen LogP contribution in [0.1, 0.15) is 0 Å². The van der Waals surface area contributed by atoms with Crippen LogP contribution in [-0.4, -0.2) is 0 Å². The molecule has 52 valence electrons. The molecule has 0 spiro atoms. The highest BCUT2D eigenvalue weighted by Crippen LogP contribution is 2.21. The summed E-state index contributed by atoms with van der Waals surface area (Å²) in [6.07, 6.45) is 0. The number of rotatable bonds is 1. The third kappa shape index (κ3) is 1.64. The first kappa shape index (κ1) is 7.88. The first-order valence-electron chi connectivity index (χ1n) is 2.57. The molecule has 0 radical (unpaired) electrons.